The summed E-state index contributed by atoms with van der Waals surface area (Å²) < 4.78 is 0. The summed E-state index contributed by atoms with van der Waals surface area (Å²) in [5.41, 5.74) is 0.663. The van der Waals surface area contributed by atoms with Gasteiger partial charge in [-0.15, -0.1) is 19.7 Å². The molecule has 0 bridgehead atoms. The molecule has 0 fully saturated rings. The monoisotopic (exact) mass is 486 g/mol. The van der Waals surface area contributed by atoms with E-state index in [-0.39, 0.29) is 16.2 Å². The van der Waals surface area contributed by atoms with Crippen LogP contribution in [0.5, 0.6) is 0 Å². The van der Waals surface area contributed by atoms with Crippen molar-refractivity contribution >= 4 is 0 Å². The standard InChI is InChI=1S/C35H65/c1-10-19-24-32(25-20-11-2)34(29-21-12-3,30-22-13-4)35(28-17-8,31-23-14-5)33(18-9,26-15-6)27-16-7/h15-17H,6-8,10-14,18-31H2,1-5,9H3. The van der Waals surface area contributed by atoms with Gasteiger partial charge in [-0.25, -0.2) is 0 Å². The summed E-state index contributed by atoms with van der Waals surface area (Å²) in [6.07, 6.45) is 30.9. The third kappa shape index (κ3) is 8.64. The molecule has 0 aliphatic heterocycles. The van der Waals surface area contributed by atoms with Crippen LogP contribution in [0.1, 0.15) is 164 Å². The smallest absolute Gasteiger partial charge is 0.0139 e. The molecule has 0 heteroatoms. The number of unbranched alkanes of at least 4 members (excludes halogenated alkanes) is 5. The number of allylic oxidation sites excluding steroid dienone is 3. The largest absolute Gasteiger partial charge is 0.103 e. The van der Waals surface area contributed by atoms with Crippen molar-refractivity contribution in [2.24, 2.45) is 16.2 Å². The highest BCUT2D eigenvalue weighted by Gasteiger charge is 2.61. The molecule has 0 heterocycles. The van der Waals surface area contributed by atoms with Crippen LogP contribution in [0.2, 0.25) is 0 Å². The average Bonchev–Trinajstić information content (AvgIpc) is 2.87. The van der Waals surface area contributed by atoms with E-state index in [1.807, 2.05) is 5.92 Å². The molecule has 35 heavy (non-hydrogen) atoms. The van der Waals surface area contributed by atoms with Gasteiger partial charge in [0, 0.05) is 0 Å². The Morgan fingerprint density at radius 1 is 0.543 bits per heavy atom. The van der Waals surface area contributed by atoms with Gasteiger partial charge in [0.2, 0.25) is 0 Å². The first-order chi connectivity index (χ1) is 16.9. The Kier molecular flexibility index (Phi) is 18.9. The highest BCUT2D eigenvalue weighted by atomic mass is 14.6. The van der Waals surface area contributed by atoms with Crippen LogP contribution in [0.25, 0.3) is 0 Å². The van der Waals surface area contributed by atoms with Crippen LogP contribution in [-0.4, -0.2) is 0 Å². The lowest BCUT2D eigenvalue weighted by molar-refractivity contribution is -0.107. The Morgan fingerprint density at radius 2 is 0.943 bits per heavy atom. The van der Waals surface area contributed by atoms with Gasteiger partial charge in [-0.1, -0.05) is 124 Å². The number of rotatable bonds is 25. The minimum absolute atomic E-state index is 0.186. The maximum absolute atomic E-state index is 4.42. The highest BCUT2D eigenvalue weighted by molar-refractivity contribution is 5.21. The molecule has 0 nitrogen and oxygen atoms in total. The number of hydrogen-bond donors (Lipinski definition) is 0. The van der Waals surface area contributed by atoms with Crippen molar-refractivity contribution < 1.29 is 0 Å². The number of hydrogen-bond acceptors (Lipinski definition) is 0. The van der Waals surface area contributed by atoms with Gasteiger partial charge in [-0.05, 0) is 80.0 Å². The zero-order chi connectivity index (χ0) is 26.6. The zero-order valence-corrected chi connectivity index (χ0v) is 25.3. The average molecular weight is 486 g/mol. The van der Waals surface area contributed by atoms with Crippen LogP contribution in [0.4, 0.5) is 0 Å². The summed E-state index contributed by atoms with van der Waals surface area (Å²) in [7, 11) is 0. The molecule has 0 amide bonds. The van der Waals surface area contributed by atoms with Crippen molar-refractivity contribution in [3.8, 4) is 0 Å². The van der Waals surface area contributed by atoms with E-state index in [1.165, 1.54) is 103 Å². The van der Waals surface area contributed by atoms with Gasteiger partial charge >= 0.3 is 0 Å². The molecule has 0 N–H and O–H groups in total. The molecule has 0 saturated carbocycles. The Hall–Kier alpha value is -0.780. The fourth-order valence-corrected chi connectivity index (χ4v) is 7.54. The summed E-state index contributed by atoms with van der Waals surface area (Å²) in [4.78, 5) is 0. The van der Waals surface area contributed by atoms with E-state index >= 15 is 0 Å². The Morgan fingerprint density at radius 3 is 1.29 bits per heavy atom. The first-order valence-electron chi connectivity index (χ1n) is 15.6. The van der Waals surface area contributed by atoms with Gasteiger partial charge in [0.1, 0.15) is 0 Å². The Balaban J connectivity index is 7.57. The fraction of sp³-hybridized carbons (Fsp3) is 0.800. The van der Waals surface area contributed by atoms with Crippen LogP contribution >= 0.6 is 0 Å². The van der Waals surface area contributed by atoms with Crippen LogP contribution in [-0.2, 0) is 0 Å². The van der Waals surface area contributed by atoms with Gasteiger partial charge in [0.15, 0.2) is 0 Å². The molecule has 1 unspecified atom stereocenters. The first-order valence-corrected chi connectivity index (χ1v) is 15.6. The lowest BCUT2D eigenvalue weighted by atomic mass is 9.39. The van der Waals surface area contributed by atoms with Gasteiger partial charge in [-0.2, -0.15) is 0 Å². The topological polar surface area (TPSA) is 0 Å². The quantitative estimate of drug-likeness (QED) is 0.113. The molecule has 0 aliphatic rings. The minimum Gasteiger partial charge on any atom is -0.103 e. The molecule has 0 spiro atoms. The normalized spacial score (nSPS) is 14.1. The molecule has 205 valence electrons. The van der Waals surface area contributed by atoms with E-state index in [2.05, 4.69) is 79.5 Å². The van der Waals surface area contributed by atoms with E-state index in [0.717, 1.165) is 19.3 Å². The second-order valence-electron chi connectivity index (χ2n) is 11.4. The van der Waals surface area contributed by atoms with Crippen molar-refractivity contribution in [1.29, 1.82) is 0 Å². The molecule has 0 aromatic carbocycles. The van der Waals surface area contributed by atoms with Crippen LogP contribution in [0, 0.1) is 22.2 Å². The molecule has 0 saturated heterocycles. The van der Waals surface area contributed by atoms with Crippen LogP contribution in [0.15, 0.2) is 38.0 Å². The van der Waals surface area contributed by atoms with E-state index in [1.54, 1.807) is 0 Å². The summed E-state index contributed by atoms with van der Waals surface area (Å²) >= 11 is 0. The molecule has 1 atom stereocenters. The van der Waals surface area contributed by atoms with E-state index < -0.39 is 0 Å². The van der Waals surface area contributed by atoms with Gasteiger partial charge < -0.3 is 0 Å². The third-order valence-electron chi connectivity index (χ3n) is 9.38. The fourth-order valence-electron chi connectivity index (χ4n) is 7.54. The highest BCUT2D eigenvalue weighted by Crippen LogP contribution is 2.69. The minimum atomic E-state index is 0.186. The molecule has 1 radical (unpaired) electrons. The predicted octanol–water partition coefficient (Wildman–Crippen LogP) is 12.6. The van der Waals surface area contributed by atoms with Crippen molar-refractivity contribution in [2.45, 2.75) is 164 Å². The van der Waals surface area contributed by atoms with Gasteiger partial charge in [0.25, 0.3) is 0 Å². The second-order valence-corrected chi connectivity index (χ2v) is 11.4. The first kappa shape index (κ1) is 34.2. The maximum atomic E-state index is 4.42. The second kappa shape index (κ2) is 19.3. The summed E-state index contributed by atoms with van der Waals surface area (Å²) in [6.45, 7) is 27.4. The molecule has 0 aromatic heterocycles. The Bertz CT molecular complexity index is 514. The van der Waals surface area contributed by atoms with Crippen molar-refractivity contribution in [1.82, 2.24) is 0 Å². The van der Waals surface area contributed by atoms with Crippen molar-refractivity contribution in [2.75, 3.05) is 0 Å². The molecular weight excluding hydrogens is 420 g/mol. The van der Waals surface area contributed by atoms with Crippen LogP contribution in [0.3, 0.4) is 0 Å². The zero-order valence-electron chi connectivity index (χ0n) is 25.3. The van der Waals surface area contributed by atoms with Crippen LogP contribution < -0.4 is 0 Å². The van der Waals surface area contributed by atoms with E-state index in [4.69, 9.17) is 0 Å². The van der Waals surface area contributed by atoms with Crippen molar-refractivity contribution in [3.63, 3.8) is 0 Å². The lowest BCUT2D eigenvalue weighted by Crippen LogP contribution is -2.56. The molecule has 0 rings (SSSR count). The molecule has 0 aromatic rings. The summed E-state index contributed by atoms with van der Waals surface area (Å²) in [6, 6.07) is 0. The third-order valence-corrected chi connectivity index (χ3v) is 9.38. The lowest BCUT2D eigenvalue weighted by Gasteiger charge is -2.64. The molecular formula is C35H65. The van der Waals surface area contributed by atoms with Gasteiger partial charge in [-0.3, -0.25) is 0 Å². The van der Waals surface area contributed by atoms with Gasteiger partial charge in [0.05, 0.1) is 0 Å². The molecule has 0 aliphatic carbocycles. The predicted molar refractivity (Wildman–Crippen MR) is 163 cm³/mol. The van der Waals surface area contributed by atoms with E-state index in [9.17, 15) is 0 Å². The Labute approximate surface area is 223 Å². The summed E-state index contributed by atoms with van der Waals surface area (Å²) in [5.74, 6) is 1.92. The maximum Gasteiger partial charge on any atom is -0.0139 e. The summed E-state index contributed by atoms with van der Waals surface area (Å²) in [5, 5.41) is 0. The SMILES string of the molecule is C=CCC(CC)(CC=C)C(CC=C)(CCCC)C(CCCC)(CCCC)[C](CCCC)CCCC. The van der Waals surface area contributed by atoms with Crippen molar-refractivity contribution in [3.05, 3.63) is 43.9 Å². The van der Waals surface area contributed by atoms with E-state index in [0.29, 0.717) is 0 Å².